The van der Waals surface area contributed by atoms with Gasteiger partial charge in [0.05, 0.1) is 18.0 Å². The number of rotatable bonds is 5. The number of anilines is 2. The highest BCUT2D eigenvalue weighted by Crippen LogP contribution is 2.33. The van der Waals surface area contributed by atoms with Crippen molar-refractivity contribution in [1.82, 2.24) is 0 Å². The van der Waals surface area contributed by atoms with Gasteiger partial charge in [0.1, 0.15) is 5.75 Å². The van der Waals surface area contributed by atoms with E-state index in [1.54, 1.807) is 0 Å². The molecule has 0 unspecified atom stereocenters. The molecule has 0 heterocycles. The molecule has 0 aromatic heterocycles. The first-order valence-electron chi connectivity index (χ1n) is 7.44. The Labute approximate surface area is 116 Å². The fourth-order valence-electron chi connectivity index (χ4n) is 3.00. The van der Waals surface area contributed by atoms with Crippen molar-refractivity contribution in [2.75, 3.05) is 30.8 Å². The van der Waals surface area contributed by atoms with Gasteiger partial charge in [-0.2, -0.15) is 0 Å². The first-order chi connectivity index (χ1) is 9.22. The Morgan fingerprint density at radius 1 is 1.26 bits per heavy atom. The highest BCUT2D eigenvalue weighted by Gasteiger charge is 2.17. The van der Waals surface area contributed by atoms with Gasteiger partial charge in [-0.05, 0) is 37.8 Å². The van der Waals surface area contributed by atoms with Gasteiger partial charge in [-0.15, -0.1) is 0 Å². The molecule has 2 rings (SSSR count). The van der Waals surface area contributed by atoms with Gasteiger partial charge >= 0.3 is 0 Å². The molecule has 1 aromatic carbocycles. The average Bonchev–Trinajstić information content (AvgIpc) is 2.42. The van der Waals surface area contributed by atoms with Gasteiger partial charge in [0.25, 0.3) is 0 Å². The minimum atomic E-state index is 0.653. The van der Waals surface area contributed by atoms with Gasteiger partial charge in [-0.25, -0.2) is 0 Å². The van der Waals surface area contributed by atoms with Gasteiger partial charge in [0.15, 0.2) is 0 Å². The number of nitrogen functional groups attached to an aromatic ring is 1. The maximum absolute atomic E-state index is 6.21. The topological polar surface area (TPSA) is 38.5 Å². The number of benzene rings is 1. The summed E-state index contributed by atoms with van der Waals surface area (Å²) in [4.78, 5) is 2.29. The molecule has 3 heteroatoms. The third kappa shape index (κ3) is 3.55. The third-order valence-electron chi connectivity index (χ3n) is 4.01. The van der Waals surface area contributed by atoms with Crippen LogP contribution in [0.3, 0.4) is 0 Å². The van der Waals surface area contributed by atoms with Crippen molar-refractivity contribution in [3.63, 3.8) is 0 Å². The Kier molecular flexibility index (Phi) is 4.94. The van der Waals surface area contributed by atoms with E-state index in [0.717, 1.165) is 29.6 Å². The van der Waals surface area contributed by atoms with E-state index >= 15 is 0 Å². The van der Waals surface area contributed by atoms with Crippen LogP contribution < -0.4 is 15.4 Å². The van der Waals surface area contributed by atoms with Gasteiger partial charge in [0.2, 0.25) is 0 Å². The van der Waals surface area contributed by atoms with Crippen molar-refractivity contribution < 1.29 is 4.74 Å². The Bertz CT molecular complexity index is 400. The van der Waals surface area contributed by atoms with Crippen molar-refractivity contribution in [3.05, 3.63) is 18.2 Å². The summed E-state index contributed by atoms with van der Waals surface area (Å²) in [6, 6.07) is 6.05. The molecule has 0 bridgehead atoms. The molecule has 106 valence electrons. The summed E-state index contributed by atoms with van der Waals surface area (Å²) in [6.45, 7) is 3.73. The normalized spacial score (nSPS) is 16.3. The zero-order valence-electron chi connectivity index (χ0n) is 12.2. The number of ether oxygens (including phenoxy) is 1. The second-order valence-corrected chi connectivity index (χ2v) is 5.51. The molecule has 0 spiro atoms. The standard InChI is InChI=1S/C16H26N2O/c1-3-19-15-11-7-10-14(16(15)17)18(2)12-13-8-5-4-6-9-13/h7,10-11,13H,3-6,8-9,12,17H2,1-2H3. The van der Waals surface area contributed by atoms with Crippen LogP contribution in [0.15, 0.2) is 18.2 Å². The van der Waals surface area contributed by atoms with E-state index in [4.69, 9.17) is 10.5 Å². The predicted octanol–water partition coefficient (Wildman–Crippen LogP) is 3.68. The van der Waals surface area contributed by atoms with Crippen molar-refractivity contribution in [2.45, 2.75) is 39.0 Å². The fraction of sp³-hybridized carbons (Fsp3) is 0.625. The summed E-state index contributed by atoms with van der Waals surface area (Å²) in [5.74, 6) is 1.62. The molecule has 1 fully saturated rings. The average molecular weight is 262 g/mol. The number of nitrogens with two attached hydrogens (primary N) is 1. The second kappa shape index (κ2) is 6.69. The smallest absolute Gasteiger partial charge is 0.144 e. The van der Waals surface area contributed by atoms with E-state index in [2.05, 4.69) is 18.0 Å². The van der Waals surface area contributed by atoms with Crippen LogP contribution in [0.4, 0.5) is 11.4 Å². The van der Waals surface area contributed by atoms with E-state index in [0.29, 0.717) is 6.61 Å². The minimum absolute atomic E-state index is 0.653. The Hall–Kier alpha value is -1.38. The molecular weight excluding hydrogens is 236 g/mol. The number of hydrogen-bond acceptors (Lipinski definition) is 3. The zero-order chi connectivity index (χ0) is 13.7. The monoisotopic (exact) mass is 262 g/mol. The number of nitrogens with zero attached hydrogens (tertiary/aromatic N) is 1. The molecule has 1 aliphatic carbocycles. The van der Waals surface area contributed by atoms with Gasteiger partial charge in [0, 0.05) is 13.6 Å². The SMILES string of the molecule is CCOc1cccc(N(C)CC2CCCCC2)c1N. The van der Waals surface area contributed by atoms with E-state index in [9.17, 15) is 0 Å². The fourth-order valence-corrected chi connectivity index (χ4v) is 3.00. The van der Waals surface area contributed by atoms with Crippen LogP contribution in [0.5, 0.6) is 5.75 Å². The summed E-state index contributed by atoms with van der Waals surface area (Å²) in [7, 11) is 2.13. The molecule has 19 heavy (non-hydrogen) atoms. The van der Waals surface area contributed by atoms with E-state index < -0.39 is 0 Å². The van der Waals surface area contributed by atoms with Crippen LogP contribution in [0.25, 0.3) is 0 Å². The summed E-state index contributed by atoms with van der Waals surface area (Å²) in [5.41, 5.74) is 8.07. The summed E-state index contributed by atoms with van der Waals surface area (Å²) in [5, 5.41) is 0. The summed E-state index contributed by atoms with van der Waals surface area (Å²) < 4.78 is 5.57. The van der Waals surface area contributed by atoms with E-state index in [-0.39, 0.29) is 0 Å². The lowest BCUT2D eigenvalue weighted by Gasteiger charge is -2.29. The maximum Gasteiger partial charge on any atom is 0.144 e. The lowest BCUT2D eigenvalue weighted by molar-refractivity contribution is 0.341. The van der Waals surface area contributed by atoms with E-state index in [1.807, 2.05) is 19.1 Å². The molecule has 1 aromatic rings. The molecule has 1 saturated carbocycles. The lowest BCUT2D eigenvalue weighted by atomic mass is 9.89. The summed E-state index contributed by atoms with van der Waals surface area (Å²) >= 11 is 0. The molecule has 1 aliphatic rings. The van der Waals surface area contributed by atoms with Crippen LogP contribution in [0.2, 0.25) is 0 Å². The van der Waals surface area contributed by atoms with Crippen LogP contribution in [-0.4, -0.2) is 20.2 Å². The highest BCUT2D eigenvalue weighted by molar-refractivity contribution is 5.73. The lowest BCUT2D eigenvalue weighted by Crippen LogP contribution is -2.27. The quantitative estimate of drug-likeness (QED) is 0.823. The third-order valence-corrected chi connectivity index (χ3v) is 4.01. The van der Waals surface area contributed by atoms with Crippen molar-refractivity contribution in [3.8, 4) is 5.75 Å². The largest absolute Gasteiger partial charge is 0.492 e. The van der Waals surface area contributed by atoms with Crippen LogP contribution >= 0.6 is 0 Å². The van der Waals surface area contributed by atoms with Crippen LogP contribution in [-0.2, 0) is 0 Å². The van der Waals surface area contributed by atoms with E-state index in [1.165, 1.54) is 32.1 Å². The van der Waals surface area contributed by atoms with Gasteiger partial charge in [-0.3, -0.25) is 0 Å². The molecule has 0 amide bonds. The molecule has 0 radical (unpaired) electrons. The predicted molar refractivity (Wildman–Crippen MR) is 81.9 cm³/mol. The Morgan fingerprint density at radius 3 is 2.68 bits per heavy atom. The van der Waals surface area contributed by atoms with Gasteiger partial charge < -0.3 is 15.4 Å². The molecule has 0 saturated heterocycles. The number of hydrogen-bond donors (Lipinski definition) is 1. The van der Waals surface area contributed by atoms with Crippen molar-refractivity contribution in [2.24, 2.45) is 5.92 Å². The first kappa shape index (κ1) is 14.0. The Morgan fingerprint density at radius 2 is 2.00 bits per heavy atom. The molecule has 2 N–H and O–H groups in total. The van der Waals surface area contributed by atoms with Crippen molar-refractivity contribution in [1.29, 1.82) is 0 Å². The van der Waals surface area contributed by atoms with Crippen LogP contribution in [0, 0.1) is 5.92 Å². The Balaban J connectivity index is 2.05. The van der Waals surface area contributed by atoms with Crippen LogP contribution in [0.1, 0.15) is 39.0 Å². The zero-order valence-corrected chi connectivity index (χ0v) is 12.2. The maximum atomic E-state index is 6.21. The number of para-hydroxylation sites is 1. The summed E-state index contributed by atoms with van der Waals surface area (Å²) in [6.07, 6.45) is 6.88. The van der Waals surface area contributed by atoms with Crippen molar-refractivity contribution >= 4 is 11.4 Å². The van der Waals surface area contributed by atoms with Gasteiger partial charge in [-0.1, -0.05) is 25.3 Å². The minimum Gasteiger partial charge on any atom is -0.492 e. The second-order valence-electron chi connectivity index (χ2n) is 5.51. The first-order valence-corrected chi connectivity index (χ1v) is 7.44. The molecule has 0 aliphatic heterocycles. The molecule has 3 nitrogen and oxygen atoms in total. The highest BCUT2D eigenvalue weighted by atomic mass is 16.5. The molecular formula is C16H26N2O. The molecule has 0 atom stereocenters.